The predicted octanol–water partition coefficient (Wildman–Crippen LogP) is 2.15. The first-order chi connectivity index (χ1) is 9.33. The number of amides is 1. The monoisotopic (exact) mass is 275 g/mol. The highest BCUT2D eigenvalue weighted by atomic mass is 16.2. The first-order valence-corrected chi connectivity index (χ1v) is 7.23. The van der Waals surface area contributed by atoms with Gasteiger partial charge in [-0.3, -0.25) is 9.69 Å². The van der Waals surface area contributed by atoms with Crippen LogP contribution in [0.25, 0.3) is 0 Å². The summed E-state index contributed by atoms with van der Waals surface area (Å²) in [6.07, 6.45) is 2.38. The third-order valence-electron chi connectivity index (χ3n) is 3.29. The Labute approximate surface area is 121 Å². The van der Waals surface area contributed by atoms with Gasteiger partial charge >= 0.3 is 0 Å². The van der Waals surface area contributed by atoms with Crippen LogP contribution in [0.15, 0.2) is 24.3 Å². The second-order valence-corrected chi connectivity index (χ2v) is 6.68. The van der Waals surface area contributed by atoms with Crippen LogP contribution in [0.1, 0.15) is 39.2 Å². The quantitative estimate of drug-likeness (QED) is 0.810. The molecule has 1 saturated carbocycles. The van der Waals surface area contributed by atoms with Crippen molar-refractivity contribution in [2.24, 2.45) is 0 Å². The van der Waals surface area contributed by atoms with Crippen LogP contribution in [-0.2, 0) is 11.3 Å². The fourth-order valence-corrected chi connectivity index (χ4v) is 2.25. The fraction of sp³-hybridized carbons (Fsp3) is 0.562. The first-order valence-electron chi connectivity index (χ1n) is 7.23. The lowest BCUT2D eigenvalue weighted by atomic mass is 10.1. The highest BCUT2D eigenvalue weighted by molar-refractivity contribution is 5.78. The molecule has 1 aromatic rings. The summed E-state index contributed by atoms with van der Waals surface area (Å²) >= 11 is 0. The molecule has 1 aliphatic rings. The van der Waals surface area contributed by atoms with Crippen LogP contribution in [0.3, 0.4) is 0 Å². The Morgan fingerprint density at radius 1 is 1.30 bits per heavy atom. The molecule has 1 aliphatic carbocycles. The van der Waals surface area contributed by atoms with E-state index in [1.807, 2.05) is 45.0 Å². The number of nitrogens with zero attached hydrogens (tertiary/aromatic N) is 1. The summed E-state index contributed by atoms with van der Waals surface area (Å²) in [5, 5.41) is 3.03. The normalized spacial score (nSPS) is 15.4. The summed E-state index contributed by atoms with van der Waals surface area (Å²) < 4.78 is 0. The number of nitrogens with two attached hydrogens (primary N) is 1. The Balaban J connectivity index is 1.94. The molecular weight excluding hydrogens is 250 g/mol. The maximum atomic E-state index is 12.1. The van der Waals surface area contributed by atoms with Crippen molar-refractivity contribution in [3.8, 4) is 0 Å². The van der Waals surface area contributed by atoms with E-state index in [4.69, 9.17) is 5.73 Å². The fourth-order valence-electron chi connectivity index (χ4n) is 2.25. The molecule has 0 spiro atoms. The summed E-state index contributed by atoms with van der Waals surface area (Å²) in [6.45, 7) is 7.29. The van der Waals surface area contributed by atoms with Crippen LogP contribution in [0.5, 0.6) is 0 Å². The minimum atomic E-state index is -0.173. The van der Waals surface area contributed by atoms with Gasteiger partial charge in [0.1, 0.15) is 0 Å². The number of hydrogen-bond donors (Lipinski definition) is 2. The Morgan fingerprint density at radius 2 is 1.90 bits per heavy atom. The van der Waals surface area contributed by atoms with Crippen molar-refractivity contribution in [3.63, 3.8) is 0 Å². The lowest BCUT2D eigenvalue weighted by molar-refractivity contribution is -0.123. The molecule has 0 heterocycles. The number of anilines is 1. The summed E-state index contributed by atoms with van der Waals surface area (Å²) in [5.74, 6) is 0.0971. The molecule has 4 heteroatoms. The maximum Gasteiger partial charge on any atom is 0.234 e. The van der Waals surface area contributed by atoms with Crippen LogP contribution in [-0.4, -0.2) is 28.9 Å². The van der Waals surface area contributed by atoms with Crippen LogP contribution in [0.4, 0.5) is 5.69 Å². The highest BCUT2D eigenvalue weighted by Crippen LogP contribution is 2.28. The number of nitrogen functional groups attached to an aromatic ring is 1. The zero-order valence-electron chi connectivity index (χ0n) is 12.6. The second kappa shape index (κ2) is 5.83. The molecule has 0 bridgehead atoms. The standard InChI is InChI=1S/C16H25N3O/c1-16(2,3)18-15(20)11-19(14-8-9-14)10-12-4-6-13(17)7-5-12/h4-7,14H,8-11,17H2,1-3H3,(H,18,20). The molecule has 0 atom stereocenters. The van der Waals surface area contributed by atoms with Gasteiger partial charge in [0.15, 0.2) is 0 Å². The molecule has 1 aromatic carbocycles. The van der Waals surface area contributed by atoms with E-state index in [0.717, 1.165) is 12.2 Å². The van der Waals surface area contributed by atoms with E-state index < -0.39 is 0 Å². The molecule has 0 saturated heterocycles. The minimum absolute atomic E-state index is 0.0971. The van der Waals surface area contributed by atoms with Crippen LogP contribution >= 0.6 is 0 Å². The third-order valence-corrected chi connectivity index (χ3v) is 3.29. The number of benzene rings is 1. The van der Waals surface area contributed by atoms with Gasteiger partial charge in [-0.2, -0.15) is 0 Å². The summed E-state index contributed by atoms with van der Waals surface area (Å²) in [5.41, 5.74) is 7.51. The Hall–Kier alpha value is -1.55. The lowest BCUT2D eigenvalue weighted by Gasteiger charge is -2.25. The van der Waals surface area contributed by atoms with E-state index in [1.54, 1.807) is 0 Å². The molecule has 4 nitrogen and oxygen atoms in total. The molecule has 1 fully saturated rings. The van der Waals surface area contributed by atoms with Crippen LogP contribution < -0.4 is 11.1 Å². The highest BCUT2D eigenvalue weighted by Gasteiger charge is 2.30. The molecule has 3 N–H and O–H groups in total. The van der Waals surface area contributed by atoms with Gasteiger partial charge in [-0.05, 0) is 51.3 Å². The number of carbonyl (C=O) groups is 1. The molecule has 2 rings (SSSR count). The summed E-state index contributed by atoms with van der Waals surface area (Å²) in [4.78, 5) is 14.3. The van der Waals surface area contributed by atoms with Crippen molar-refractivity contribution in [2.75, 3.05) is 12.3 Å². The van der Waals surface area contributed by atoms with Gasteiger partial charge in [0.2, 0.25) is 5.91 Å². The summed E-state index contributed by atoms with van der Waals surface area (Å²) in [7, 11) is 0. The molecule has 0 unspecified atom stereocenters. The lowest BCUT2D eigenvalue weighted by Crippen LogP contribution is -2.46. The Morgan fingerprint density at radius 3 is 2.40 bits per heavy atom. The van der Waals surface area contributed by atoms with Gasteiger partial charge in [-0.15, -0.1) is 0 Å². The second-order valence-electron chi connectivity index (χ2n) is 6.68. The van der Waals surface area contributed by atoms with Gasteiger partial charge in [-0.1, -0.05) is 12.1 Å². The van der Waals surface area contributed by atoms with E-state index in [2.05, 4.69) is 10.2 Å². The van der Waals surface area contributed by atoms with Gasteiger partial charge in [0.25, 0.3) is 0 Å². The number of hydrogen-bond acceptors (Lipinski definition) is 3. The van der Waals surface area contributed by atoms with Gasteiger partial charge < -0.3 is 11.1 Å². The number of nitrogens with one attached hydrogen (secondary N) is 1. The van der Waals surface area contributed by atoms with Crippen molar-refractivity contribution < 1.29 is 4.79 Å². The SMILES string of the molecule is CC(C)(C)NC(=O)CN(Cc1ccc(N)cc1)C1CC1. The smallest absolute Gasteiger partial charge is 0.234 e. The average molecular weight is 275 g/mol. The average Bonchev–Trinajstić information content (AvgIpc) is 3.12. The molecule has 110 valence electrons. The molecule has 0 aromatic heterocycles. The maximum absolute atomic E-state index is 12.1. The van der Waals surface area contributed by atoms with E-state index in [1.165, 1.54) is 18.4 Å². The topological polar surface area (TPSA) is 58.4 Å². The van der Waals surface area contributed by atoms with Crippen molar-refractivity contribution in [3.05, 3.63) is 29.8 Å². The predicted molar refractivity (Wildman–Crippen MR) is 82.2 cm³/mol. The molecular formula is C16H25N3O. The van der Waals surface area contributed by atoms with Crippen molar-refractivity contribution in [1.29, 1.82) is 0 Å². The number of rotatable bonds is 5. The minimum Gasteiger partial charge on any atom is -0.399 e. The van der Waals surface area contributed by atoms with E-state index in [-0.39, 0.29) is 11.4 Å². The Kier molecular flexibility index (Phi) is 4.33. The largest absolute Gasteiger partial charge is 0.399 e. The Bertz CT molecular complexity index is 458. The molecule has 1 amide bonds. The third kappa shape index (κ3) is 4.85. The number of carbonyl (C=O) groups excluding carboxylic acids is 1. The van der Waals surface area contributed by atoms with Crippen molar-refractivity contribution >= 4 is 11.6 Å². The molecule has 0 radical (unpaired) electrons. The molecule has 0 aliphatic heterocycles. The van der Waals surface area contributed by atoms with Gasteiger partial charge in [0.05, 0.1) is 6.54 Å². The van der Waals surface area contributed by atoms with E-state index in [9.17, 15) is 4.79 Å². The first kappa shape index (κ1) is 14.9. The van der Waals surface area contributed by atoms with Gasteiger partial charge in [-0.25, -0.2) is 0 Å². The van der Waals surface area contributed by atoms with Crippen molar-refractivity contribution in [1.82, 2.24) is 10.2 Å². The van der Waals surface area contributed by atoms with Crippen LogP contribution in [0.2, 0.25) is 0 Å². The van der Waals surface area contributed by atoms with Gasteiger partial charge in [0, 0.05) is 23.8 Å². The summed E-state index contributed by atoms with van der Waals surface area (Å²) in [6, 6.07) is 8.45. The molecule has 20 heavy (non-hydrogen) atoms. The van der Waals surface area contributed by atoms with Crippen molar-refractivity contribution in [2.45, 2.75) is 51.7 Å². The zero-order valence-corrected chi connectivity index (χ0v) is 12.6. The van der Waals surface area contributed by atoms with E-state index in [0.29, 0.717) is 12.6 Å². The zero-order chi connectivity index (χ0) is 14.8. The van der Waals surface area contributed by atoms with E-state index >= 15 is 0 Å². The van der Waals surface area contributed by atoms with Crippen LogP contribution in [0, 0.1) is 0 Å².